The molecule has 2 aromatic rings. The average Bonchev–Trinajstić information content (AvgIpc) is 3.17. The third-order valence-electron chi connectivity index (χ3n) is 5.29. The fourth-order valence-electron chi connectivity index (χ4n) is 3.75. The maximum absolute atomic E-state index is 12.8. The number of hydrogen-bond donors (Lipinski definition) is 0. The van der Waals surface area contributed by atoms with Crippen molar-refractivity contribution in [2.45, 2.75) is 38.3 Å². The second-order valence-electron chi connectivity index (χ2n) is 7.30. The van der Waals surface area contributed by atoms with Crippen molar-refractivity contribution < 1.29 is 9.53 Å². The number of amides is 1. The van der Waals surface area contributed by atoms with E-state index < -0.39 is 0 Å². The van der Waals surface area contributed by atoms with E-state index >= 15 is 0 Å². The second kappa shape index (κ2) is 10.0. The van der Waals surface area contributed by atoms with E-state index in [4.69, 9.17) is 4.74 Å². The maximum atomic E-state index is 12.8. The molecule has 0 bridgehead atoms. The summed E-state index contributed by atoms with van der Waals surface area (Å²) >= 11 is 1.54. The molecule has 0 unspecified atom stereocenters. The SMILES string of the molecule is COCc1ccc(C(=O)N(C)[C@H]2CCCN(CCCc3ccccc3)C2)s1. The van der Waals surface area contributed by atoms with Crippen molar-refractivity contribution in [2.24, 2.45) is 0 Å². The van der Waals surface area contributed by atoms with Crippen molar-refractivity contribution in [3.05, 3.63) is 57.8 Å². The minimum atomic E-state index is 0.137. The lowest BCUT2D eigenvalue weighted by Crippen LogP contribution is -2.48. The molecule has 27 heavy (non-hydrogen) atoms. The van der Waals surface area contributed by atoms with Gasteiger partial charge in [-0.15, -0.1) is 11.3 Å². The van der Waals surface area contributed by atoms with Crippen LogP contribution in [-0.4, -0.2) is 55.5 Å². The first-order valence-corrected chi connectivity index (χ1v) is 10.6. The Hall–Kier alpha value is -1.69. The van der Waals surface area contributed by atoms with Crippen molar-refractivity contribution >= 4 is 17.2 Å². The largest absolute Gasteiger partial charge is 0.379 e. The van der Waals surface area contributed by atoms with E-state index in [0.29, 0.717) is 12.6 Å². The van der Waals surface area contributed by atoms with Crippen LogP contribution in [0.3, 0.4) is 0 Å². The third kappa shape index (κ3) is 5.64. The highest BCUT2D eigenvalue weighted by molar-refractivity contribution is 7.14. The molecule has 1 atom stereocenters. The second-order valence-corrected chi connectivity index (χ2v) is 8.47. The Labute approximate surface area is 166 Å². The molecule has 3 rings (SSSR count). The fourth-order valence-corrected chi connectivity index (χ4v) is 4.72. The number of methoxy groups -OCH3 is 1. The van der Waals surface area contributed by atoms with Gasteiger partial charge in [-0.05, 0) is 56.5 Å². The van der Waals surface area contributed by atoms with Crippen molar-refractivity contribution in [1.29, 1.82) is 0 Å². The highest BCUT2D eigenvalue weighted by atomic mass is 32.1. The summed E-state index contributed by atoms with van der Waals surface area (Å²) in [6.45, 7) is 3.79. The number of ether oxygens (including phenoxy) is 1. The molecular weight excluding hydrogens is 356 g/mol. The van der Waals surface area contributed by atoms with Crippen LogP contribution in [0, 0.1) is 0 Å². The molecule has 0 radical (unpaired) electrons. The monoisotopic (exact) mass is 386 g/mol. The van der Waals surface area contributed by atoms with E-state index in [1.807, 2.05) is 24.1 Å². The number of aryl methyl sites for hydroxylation is 1. The average molecular weight is 387 g/mol. The number of carbonyl (C=O) groups excluding carboxylic acids is 1. The quantitative estimate of drug-likeness (QED) is 0.686. The van der Waals surface area contributed by atoms with Gasteiger partial charge in [0, 0.05) is 31.6 Å². The molecule has 2 heterocycles. The van der Waals surface area contributed by atoms with Crippen LogP contribution in [0.1, 0.15) is 39.4 Å². The zero-order valence-corrected chi connectivity index (χ0v) is 17.2. The van der Waals surface area contributed by atoms with Gasteiger partial charge in [-0.1, -0.05) is 30.3 Å². The zero-order valence-electron chi connectivity index (χ0n) is 16.4. The fraction of sp³-hybridized carbons (Fsp3) is 0.500. The van der Waals surface area contributed by atoms with Gasteiger partial charge in [0.1, 0.15) is 0 Å². The van der Waals surface area contributed by atoms with E-state index in [9.17, 15) is 4.79 Å². The molecule has 1 aromatic heterocycles. The molecule has 0 N–H and O–H groups in total. The highest BCUT2D eigenvalue weighted by Gasteiger charge is 2.27. The third-order valence-corrected chi connectivity index (χ3v) is 6.34. The van der Waals surface area contributed by atoms with Gasteiger partial charge in [0.2, 0.25) is 0 Å². The van der Waals surface area contributed by atoms with E-state index in [2.05, 4.69) is 35.2 Å². The van der Waals surface area contributed by atoms with Crippen LogP contribution >= 0.6 is 11.3 Å². The van der Waals surface area contributed by atoms with Crippen LogP contribution < -0.4 is 0 Å². The first-order valence-electron chi connectivity index (χ1n) is 9.78. The van der Waals surface area contributed by atoms with Gasteiger partial charge in [0.15, 0.2) is 0 Å². The van der Waals surface area contributed by atoms with Gasteiger partial charge in [-0.2, -0.15) is 0 Å². The number of nitrogens with zero attached hydrogens (tertiary/aromatic N) is 2. The predicted octanol–water partition coefficient (Wildman–Crippen LogP) is 4.06. The molecule has 1 aliphatic heterocycles. The standard InChI is InChI=1S/C22H30N2O2S/c1-23(22(25)21-13-12-20(27-21)17-26-2)19-11-7-15-24(16-19)14-6-10-18-8-4-3-5-9-18/h3-5,8-9,12-13,19H,6-7,10-11,14-17H2,1-2H3/t19-/m0/s1. The smallest absolute Gasteiger partial charge is 0.263 e. The number of piperidine rings is 1. The Morgan fingerprint density at radius 2 is 2.07 bits per heavy atom. The number of benzene rings is 1. The van der Waals surface area contributed by atoms with Crippen LogP contribution in [0.25, 0.3) is 0 Å². The van der Waals surface area contributed by atoms with Crippen LogP contribution in [0.2, 0.25) is 0 Å². The number of rotatable bonds is 8. The molecule has 1 fully saturated rings. The van der Waals surface area contributed by atoms with E-state index in [1.165, 1.54) is 12.0 Å². The molecule has 0 spiro atoms. The molecule has 1 saturated heterocycles. The van der Waals surface area contributed by atoms with Crippen LogP contribution in [0.4, 0.5) is 0 Å². The number of likely N-dealkylation sites (N-methyl/N-ethyl adjacent to an activating group) is 1. The molecule has 146 valence electrons. The predicted molar refractivity (Wildman–Crippen MR) is 111 cm³/mol. The van der Waals surface area contributed by atoms with Gasteiger partial charge < -0.3 is 14.5 Å². The van der Waals surface area contributed by atoms with Gasteiger partial charge >= 0.3 is 0 Å². The number of carbonyl (C=O) groups is 1. The van der Waals surface area contributed by atoms with Crippen LogP contribution in [0.5, 0.6) is 0 Å². The highest BCUT2D eigenvalue weighted by Crippen LogP contribution is 2.22. The molecule has 1 aromatic carbocycles. The van der Waals surface area contributed by atoms with Crippen LogP contribution in [0.15, 0.2) is 42.5 Å². The summed E-state index contributed by atoms with van der Waals surface area (Å²) in [4.78, 5) is 19.2. The lowest BCUT2D eigenvalue weighted by Gasteiger charge is -2.37. The topological polar surface area (TPSA) is 32.8 Å². The number of hydrogen-bond acceptors (Lipinski definition) is 4. The van der Waals surface area contributed by atoms with Gasteiger partial charge in [-0.3, -0.25) is 4.79 Å². The lowest BCUT2D eigenvalue weighted by atomic mass is 10.0. The minimum Gasteiger partial charge on any atom is -0.379 e. The summed E-state index contributed by atoms with van der Waals surface area (Å²) in [6, 6.07) is 14.9. The molecular formula is C22H30N2O2S. The Balaban J connectivity index is 1.49. The van der Waals surface area contributed by atoms with Crippen molar-refractivity contribution in [2.75, 3.05) is 33.8 Å². The molecule has 1 amide bonds. The van der Waals surface area contributed by atoms with Gasteiger partial charge in [-0.25, -0.2) is 0 Å². The van der Waals surface area contributed by atoms with Crippen molar-refractivity contribution in [3.8, 4) is 0 Å². The summed E-state index contributed by atoms with van der Waals surface area (Å²) in [5.41, 5.74) is 1.41. The first-order chi connectivity index (χ1) is 13.2. The zero-order chi connectivity index (χ0) is 19.1. The Bertz CT molecular complexity index is 716. The van der Waals surface area contributed by atoms with E-state index in [-0.39, 0.29) is 5.91 Å². The van der Waals surface area contributed by atoms with Gasteiger partial charge in [0.25, 0.3) is 5.91 Å². The lowest BCUT2D eigenvalue weighted by molar-refractivity contribution is 0.0621. The molecule has 4 nitrogen and oxygen atoms in total. The normalized spacial score (nSPS) is 17.8. The van der Waals surface area contributed by atoms with Crippen molar-refractivity contribution in [3.63, 3.8) is 0 Å². The van der Waals surface area contributed by atoms with Gasteiger partial charge in [0.05, 0.1) is 11.5 Å². The summed E-state index contributed by atoms with van der Waals surface area (Å²) in [5.74, 6) is 0.137. The summed E-state index contributed by atoms with van der Waals surface area (Å²) in [6.07, 6.45) is 4.54. The maximum Gasteiger partial charge on any atom is 0.263 e. The minimum absolute atomic E-state index is 0.137. The van der Waals surface area contributed by atoms with E-state index in [0.717, 1.165) is 48.7 Å². The summed E-state index contributed by atoms with van der Waals surface area (Å²) in [7, 11) is 3.64. The molecule has 0 aliphatic carbocycles. The molecule has 5 heteroatoms. The molecule has 0 saturated carbocycles. The first kappa shape index (κ1) is 20.1. The summed E-state index contributed by atoms with van der Waals surface area (Å²) in [5, 5.41) is 0. The summed E-state index contributed by atoms with van der Waals surface area (Å²) < 4.78 is 5.16. The Morgan fingerprint density at radius 3 is 2.85 bits per heavy atom. The van der Waals surface area contributed by atoms with E-state index in [1.54, 1.807) is 18.4 Å². The number of thiophene rings is 1. The van der Waals surface area contributed by atoms with Crippen LogP contribution in [-0.2, 0) is 17.8 Å². The van der Waals surface area contributed by atoms with Crippen molar-refractivity contribution in [1.82, 2.24) is 9.80 Å². The number of likely N-dealkylation sites (tertiary alicyclic amines) is 1. The Morgan fingerprint density at radius 1 is 1.26 bits per heavy atom. The molecule has 1 aliphatic rings. The Kier molecular flexibility index (Phi) is 7.44.